The van der Waals surface area contributed by atoms with Crippen molar-refractivity contribution in [3.8, 4) is 6.07 Å². The van der Waals surface area contributed by atoms with E-state index in [4.69, 9.17) is 0 Å². The maximum absolute atomic E-state index is 12.6. The summed E-state index contributed by atoms with van der Waals surface area (Å²) in [6, 6.07) is 7.90. The number of non-ortho nitro benzene ring substituents is 1. The average molecular weight is 378 g/mol. The minimum Gasteiger partial charge on any atom is -0.305 e. The van der Waals surface area contributed by atoms with Crippen molar-refractivity contribution in [1.29, 1.82) is 5.26 Å². The number of benzene rings is 1. The van der Waals surface area contributed by atoms with Crippen LogP contribution in [0.15, 0.2) is 29.1 Å². The maximum atomic E-state index is 12.6. The van der Waals surface area contributed by atoms with Gasteiger partial charge in [0.1, 0.15) is 10.9 Å². The average Bonchev–Trinajstić information content (AvgIpc) is 3.05. The van der Waals surface area contributed by atoms with Crippen molar-refractivity contribution in [2.45, 2.75) is 25.7 Å². The quantitative estimate of drug-likeness (QED) is 0.423. The van der Waals surface area contributed by atoms with E-state index in [1.54, 1.807) is 18.2 Å². The number of nitro groups is 1. The summed E-state index contributed by atoms with van der Waals surface area (Å²) < 4.78 is 0. The molecule has 7 nitrogen and oxygen atoms in total. The number of allylic oxidation sites excluding steroid dienone is 1. The number of hydrogen-bond donors (Lipinski definition) is 1. The van der Waals surface area contributed by atoms with E-state index >= 15 is 0 Å². The van der Waals surface area contributed by atoms with E-state index in [-0.39, 0.29) is 22.6 Å². The summed E-state index contributed by atoms with van der Waals surface area (Å²) in [4.78, 5) is 32.0. The van der Waals surface area contributed by atoms with Gasteiger partial charge in [-0.15, -0.1) is 11.3 Å². The molecule has 0 radical (unpaired) electrons. The lowest BCUT2D eigenvalue weighted by Crippen LogP contribution is -2.12. The summed E-state index contributed by atoms with van der Waals surface area (Å²) in [5.74, 6) is 0.215. The molecule has 0 spiro atoms. The van der Waals surface area contributed by atoms with Crippen LogP contribution >= 0.6 is 11.3 Å². The highest BCUT2D eigenvalue weighted by Gasteiger charge is 2.20. The fourth-order valence-corrected chi connectivity index (χ4v) is 4.57. The van der Waals surface area contributed by atoms with Crippen molar-refractivity contribution in [2.24, 2.45) is 0 Å². The summed E-state index contributed by atoms with van der Waals surface area (Å²) >= 11 is 1.52. The zero-order chi connectivity index (χ0) is 19.0. The Bertz CT molecular complexity index is 1180. The third-order valence-corrected chi connectivity index (χ3v) is 5.80. The molecule has 1 aromatic carbocycles. The number of aromatic amines is 1. The molecule has 3 aromatic rings. The number of hydrogen-bond acceptors (Lipinski definition) is 6. The van der Waals surface area contributed by atoms with Crippen molar-refractivity contribution >= 4 is 38.9 Å². The summed E-state index contributed by atoms with van der Waals surface area (Å²) in [5.41, 5.74) is 1.67. The van der Waals surface area contributed by atoms with Gasteiger partial charge < -0.3 is 4.98 Å². The normalized spacial score (nSPS) is 14.0. The van der Waals surface area contributed by atoms with Crippen molar-refractivity contribution in [3.63, 3.8) is 0 Å². The molecular weight excluding hydrogens is 364 g/mol. The SMILES string of the molecule is N#C/C(=C\c1ccc([N+](=O)[O-])cc1)c1nc2sc3c(c2c(=O)[nH]1)CCCC3. The highest BCUT2D eigenvalue weighted by atomic mass is 32.1. The standard InChI is InChI=1S/C19H14N4O3S/c20-10-12(9-11-5-7-13(8-6-11)23(25)26)17-21-18(24)16-14-3-1-2-4-15(14)27-19(16)22-17/h5-9H,1-4H2,(H,21,22,24)/b12-9+. The predicted molar refractivity (Wildman–Crippen MR) is 103 cm³/mol. The molecule has 2 heterocycles. The zero-order valence-corrected chi connectivity index (χ0v) is 15.0. The number of thiophene rings is 1. The monoisotopic (exact) mass is 378 g/mol. The van der Waals surface area contributed by atoms with E-state index in [9.17, 15) is 20.2 Å². The van der Waals surface area contributed by atoms with E-state index in [0.29, 0.717) is 15.8 Å². The van der Waals surface area contributed by atoms with Crippen LogP contribution in [-0.2, 0) is 12.8 Å². The molecule has 1 N–H and O–H groups in total. The van der Waals surface area contributed by atoms with Gasteiger partial charge in [0.2, 0.25) is 0 Å². The van der Waals surface area contributed by atoms with E-state index in [0.717, 1.165) is 31.2 Å². The number of fused-ring (bicyclic) bond motifs is 3. The topological polar surface area (TPSA) is 113 Å². The number of nitrogens with zero attached hydrogens (tertiary/aromatic N) is 3. The van der Waals surface area contributed by atoms with E-state index in [2.05, 4.69) is 16.0 Å². The predicted octanol–water partition coefficient (Wildman–Crippen LogP) is 3.84. The highest BCUT2D eigenvalue weighted by Crippen LogP contribution is 2.34. The Hall–Kier alpha value is -3.31. The molecule has 0 bridgehead atoms. The molecule has 134 valence electrons. The zero-order valence-electron chi connectivity index (χ0n) is 14.2. The van der Waals surface area contributed by atoms with Crippen LogP contribution in [0.1, 0.15) is 34.7 Å². The number of rotatable bonds is 3. The molecule has 0 fully saturated rings. The molecule has 0 atom stereocenters. The van der Waals surface area contributed by atoms with Gasteiger partial charge in [-0.1, -0.05) is 0 Å². The lowest BCUT2D eigenvalue weighted by molar-refractivity contribution is -0.384. The molecule has 0 saturated carbocycles. The first-order valence-corrected chi connectivity index (χ1v) is 9.29. The number of nitriles is 1. The lowest BCUT2D eigenvalue weighted by Gasteiger charge is -2.09. The Morgan fingerprint density at radius 1 is 1.30 bits per heavy atom. The lowest BCUT2D eigenvalue weighted by atomic mass is 9.97. The number of nitro benzene ring substituents is 1. The molecule has 1 aliphatic carbocycles. The van der Waals surface area contributed by atoms with Crippen molar-refractivity contribution in [3.05, 3.63) is 66.6 Å². The smallest absolute Gasteiger partial charge is 0.269 e. The Kier molecular flexibility index (Phi) is 4.30. The van der Waals surface area contributed by atoms with Gasteiger partial charge >= 0.3 is 0 Å². The van der Waals surface area contributed by atoms with E-state index in [1.807, 2.05) is 0 Å². The van der Waals surface area contributed by atoms with Gasteiger partial charge in [0.25, 0.3) is 11.2 Å². The second-order valence-electron chi connectivity index (χ2n) is 6.32. The first-order valence-electron chi connectivity index (χ1n) is 8.48. The molecule has 4 rings (SSSR count). The number of nitrogens with one attached hydrogen (secondary N) is 1. The van der Waals surface area contributed by atoms with E-state index < -0.39 is 4.92 Å². The Morgan fingerprint density at radius 2 is 2.04 bits per heavy atom. The molecule has 8 heteroatoms. The Labute approximate surface area is 157 Å². The molecule has 0 amide bonds. The molecule has 0 unspecified atom stereocenters. The van der Waals surface area contributed by atoms with Crippen molar-refractivity contribution in [1.82, 2.24) is 9.97 Å². The van der Waals surface area contributed by atoms with Crippen LogP contribution in [0.3, 0.4) is 0 Å². The van der Waals surface area contributed by atoms with Crippen LogP contribution in [0.25, 0.3) is 21.9 Å². The van der Waals surface area contributed by atoms with Gasteiger partial charge in [-0.25, -0.2) is 4.98 Å². The number of H-pyrrole nitrogens is 1. The molecule has 27 heavy (non-hydrogen) atoms. The Balaban J connectivity index is 1.78. The third kappa shape index (κ3) is 3.13. The van der Waals surface area contributed by atoms with Gasteiger partial charge in [0.05, 0.1) is 15.9 Å². The second kappa shape index (κ2) is 6.78. The largest absolute Gasteiger partial charge is 0.305 e. The van der Waals surface area contributed by atoms with E-state index in [1.165, 1.54) is 28.3 Å². The van der Waals surface area contributed by atoms with Crippen LogP contribution in [0, 0.1) is 21.4 Å². The first-order chi connectivity index (χ1) is 13.1. The molecule has 2 aromatic heterocycles. The van der Waals surface area contributed by atoms with Crippen LogP contribution in [-0.4, -0.2) is 14.9 Å². The van der Waals surface area contributed by atoms with Gasteiger partial charge in [0.15, 0.2) is 5.82 Å². The maximum Gasteiger partial charge on any atom is 0.269 e. The Morgan fingerprint density at radius 3 is 2.74 bits per heavy atom. The van der Waals surface area contributed by atoms with Crippen LogP contribution in [0.2, 0.25) is 0 Å². The fraction of sp³-hybridized carbons (Fsp3) is 0.211. The fourth-order valence-electron chi connectivity index (χ4n) is 3.30. The minimum absolute atomic E-state index is 0.0252. The third-order valence-electron chi connectivity index (χ3n) is 4.62. The summed E-state index contributed by atoms with van der Waals surface area (Å²) in [6.45, 7) is 0. The van der Waals surface area contributed by atoms with Gasteiger partial charge in [-0.3, -0.25) is 14.9 Å². The van der Waals surface area contributed by atoms with Crippen molar-refractivity contribution < 1.29 is 4.92 Å². The van der Waals surface area contributed by atoms with Crippen LogP contribution in [0.5, 0.6) is 0 Å². The van der Waals surface area contributed by atoms with Crippen LogP contribution < -0.4 is 5.56 Å². The molecule has 0 aliphatic heterocycles. The highest BCUT2D eigenvalue weighted by molar-refractivity contribution is 7.18. The molecule has 0 saturated heterocycles. The van der Waals surface area contributed by atoms with Gasteiger partial charge in [-0.2, -0.15) is 5.26 Å². The number of aryl methyl sites for hydroxylation is 2. The summed E-state index contributed by atoms with van der Waals surface area (Å²) in [5, 5.41) is 20.9. The molecular formula is C19H14N4O3S. The van der Waals surface area contributed by atoms with Crippen molar-refractivity contribution in [2.75, 3.05) is 0 Å². The summed E-state index contributed by atoms with van der Waals surface area (Å²) in [7, 11) is 0. The minimum atomic E-state index is -0.482. The van der Waals surface area contributed by atoms with Gasteiger partial charge in [0, 0.05) is 17.0 Å². The first kappa shape index (κ1) is 17.1. The second-order valence-corrected chi connectivity index (χ2v) is 7.41. The van der Waals surface area contributed by atoms with Gasteiger partial charge in [-0.05, 0) is 55.0 Å². The molecule has 1 aliphatic rings. The number of aromatic nitrogens is 2. The summed E-state index contributed by atoms with van der Waals surface area (Å²) in [6.07, 6.45) is 5.61. The van der Waals surface area contributed by atoms with Crippen LogP contribution in [0.4, 0.5) is 5.69 Å².